The lowest BCUT2D eigenvalue weighted by molar-refractivity contribution is 0.204. The summed E-state index contributed by atoms with van der Waals surface area (Å²) in [6, 6.07) is 8.43. The fraction of sp³-hybridized carbons (Fsp3) is 0.500. The topological polar surface area (TPSA) is 41.6 Å². The van der Waals surface area contributed by atoms with E-state index in [9.17, 15) is 0 Å². The third-order valence-corrected chi connectivity index (χ3v) is 3.96. The number of hydrogen-bond acceptors (Lipinski definition) is 3. The molecule has 0 bridgehead atoms. The average Bonchev–Trinajstić information content (AvgIpc) is 2.59. The molecule has 0 spiro atoms. The Kier molecular flexibility index (Phi) is 3.66. The normalized spacial score (nSPS) is 23.6. The standard InChI is InChI=1S/C14H20BrN3/c1-10(2)8-18-13(16)17-9-14(18,3)11-4-6-12(15)7-5-11/h4-7,10H,8-9H2,1-3H3,(H2,16,17). The first-order valence-electron chi connectivity index (χ1n) is 6.27. The number of halogens is 1. The van der Waals surface area contributed by atoms with Gasteiger partial charge in [-0.3, -0.25) is 4.99 Å². The van der Waals surface area contributed by atoms with Crippen molar-refractivity contribution >= 4 is 21.9 Å². The average molecular weight is 310 g/mol. The molecule has 0 saturated carbocycles. The van der Waals surface area contributed by atoms with E-state index in [0.717, 1.165) is 17.6 Å². The van der Waals surface area contributed by atoms with Gasteiger partial charge in [0.15, 0.2) is 5.96 Å². The van der Waals surface area contributed by atoms with Gasteiger partial charge in [-0.15, -0.1) is 0 Å². The van der Waals surface area contributed by atoms with Crippen molar-refractivity contribution in [3.05, 3.63) is 34.3 Å². The molecule has 18 heavy (non-hydrogen) atoms. The molecule has 2 rings (SSSR count). The fourth-order valence-electron chi connectivity index (χ4n) is 2.37. The van der Waals surface area contributed by atoms with Crippen LogP contribution in [0.5, 0.6) is 0 Å². The fourth-order valence-corrected chi connectivity index (χ4v) is 2.64. The molecule has 3 nitrogen and oxygen atoms in total. The molecule has 2 N–H and O–H groups in total. The zero-order valence-electron chi connectivity index (χ0n) is 11.2. The summed E-state index contributed by atoms with van der Waals surface area (Å²) in [5.74, 6) is 1.22. The molecular formula is C14H20BrN3. The van der Waals surface area contributed by atoms with Gasteiger partial charge in [-0.05, 0) is 30.5 Å². The Morgan fingerprint density at radius 1 is 1.39 bits per heavy atom. The number of guanidine groups is 1. The van der Waals surface area contributed by atoms with Gasteiger partial charge in [0.1, 0.15) is 0 Å². The Morgan fingerprint density at radius 3 is 2.56 bits per heavy atom. The van der Waals surface area contributed by atoms with E-state index in [1.54, 1.807) is 0 Å². The largest absolute Gasteiger partial charge is 0.370 e. The van der Waals surface area contributed by atoms with Crippen LogP contribution in [0.4, 0.5) is 0 Å². The maximum absolute atomic E-state index is 6.04. The third-order valence-electron chi connectivity index (χ3n) is 3.44. The Balaban J connectivity index is 2.32. The van der Waals surface area contributed by atoms with Crippen LogP contribution in [0.3, 0.4) is 0 Å². The van der Waals surface area contributed by atoms with E-state index < -0.39 is 0 Å². The number of nitrogens with zero attached hydrogens (tertiary/aromatic N) is 2. The number of aliphatic imine (C=N–C) groups is 1. The predicted octanol–water partition coefficient (Wildman–Crippen LogP) is 2.95. The summed E-state index contributed by atoms with van der Waals surface area (Å²) in [6.07, 6.45) is 0. The first kappa shape index (κ1) is 13.4. The monoisotopic (exact) mass is 309 g/mol. The van der Waals surface area contributed by atoms with Crippen molar-refractivity contribution in [2.45, 2.75) is 26.3 Å². The molecule has 0 amide bonds. The second-order valence-electron chi connectivity index (χ2n) is 5.46. The Hall–Kier alpha value is -1.03. The SMILES string of the molecule is CC(C)CN1C(N)=NCC1(C)c1ccc(Br)cc1. The summed E-state index contributed by atoms with van der Waals surface area (Å²) in [6.45, 7) is 8.28. The second-order valence-corrected chi connectivity index (χ2v) is 6.38. The van der Waals surface area contributed by atoms with Crippen LogP contribution >= 0.6 is 15.9 Å². The molecular weight excluding hydrogens is 290 g/mol. The number of rotatable bonds is 3. The first-order valence-corrected chi connectivity index (χ1v) is 7.06. The van der Waals surface area contributed by atoms with Crippen LogP contribution in [0.1, 0.15) is 26.3 Å². The Labute approximate surface area is 117 Å². The summed E-state index contributed by atoms with van der Waals surface area (Å²) in [5.41, 5.74) is 7.18. The number of nitrogens with two attached hydrogens (primary N) is 1. The summed E-state index contributed by atoms with van der Waals surface area (Å²) in [7, 11) is 0. The maximum Gasteiger partial charge on any atom is 0.192 e. The van der Waals surface area contributed by atoms with E-state index in [-0.39, 0.29) is 5.54 Å². The van der Waals surface area contributed by atoms with Crippen LogP contribution in [-0.4, -0.2) is 23.9 Å². The van der Waals surface area contributed by atoms with Crippen LogP contribution in [0.25, 0.3) is 0 Å². The van der Waals surface area contributed by atoms with Gasteiger partial charge in [0.2, 0.25) is 0 Å². The third kappa shape index (κ3) is 2.39. The minimum absolute atomic E-state index is 0.116. The van der Waals surface area contributed by atoms with Crippen molar-refractivity contribution in [2.75, 3.05) is 13.1 Å². The molecule has 98 valence electrons. The maximum atomic E-state index is 6.04. The van der Waals surface area contributed by atoms with Crippen LogP contribution in [0.2, 0.25) is 0 Å². The quantitative estimate of drug-likeness (QED) is 0.932. The highest BCUT2D eigenvalue weighted by atomic mass is 79.9. The Morgan fingerprint density at radius 2 is 2.00 bits per heavy atom. The molecule has 1 aliphatic heterocycles. The lowest BCUT2D eigenvalue weighted by Gasteiger charge is -2.37. The van der Waals surface area contributed by atoms with E-state index in [0.29, 0.717) is 11.9 Å². The highest BCUT2D eigenvalue weighted by Crippen LogP contribution is 2.33. The van der Waals surface area contributed by atoms with E-state index in [4.69, 9.17) is 5.73 Å². The van der Waals surface area contributed by atoms with Gasteiger partial charge in [-0.1, -0.05) is 41.9 Å². The molecule has 1 unspecified atom stereocenters. The minimum Gasteiger partial charge on any atom is -0.370 e. The van der Waals surface area contributed by atoms with Crippen molar-refractivity contribution in [3.8, 4) is 0 Å². The van der Waals surface area contributed by atoms with E-state index in [2.05, 4.69) is 70.9 Å². The van der Waals surface area contributed by atoms with Gasteiger partial charge in [0.25, 0.3) is 0 Å². The number of hydrogen-bond donors (Lipinski definition) is 1. The van der Waals surface area contributed by atoms with Crippen molar-refractivity contribution in [2.24, 2.45) is 16.6 Å². The summed E-state index contributed by atoms with van der Waals surface area (Å²) in [5, 5.41) is 0. The van der Waals surface area contributed by atoms with E-state index >= 15 is 0 Å². The van der Waals surface area contributed by atoms with Crippen LogP contribution < -0.4 is 5.73 Å². The number of benzene rings is 1. The summed E-state index contributed by atoms with van der Waals surface area (Å²) >= 11 is 3.47. The molecule has 0 fully saturated rings. The van der Waals surface area contributed by atoms with Gasteiger partial charge >= 0.3 is 0 Å². The van der Waals surface area contributed by atoms with Gasteiger partial charge in [0, 0.05) is 11.0 Å². The van der Waals surface area contributed by atoms with Crippen LogP contribution in [0.15, 0.2) is 33.7 Å². The molecule has 0 aliphatic carbocycles. The molecule has 1 aromatic rings. The van der Waals surface area contributed by atoms with Gasteiger partial charge in [-0.2, -0.15) is 0 Å². The summed E-state index contributed by atoms with van der Waals surface area (Å²) in [4.78, 5) is 6.65. The zero-order chi connectivity index (χ0) is 13.3. The van der Waals surface area contributed by atoms with Crippen molar-refractivity contribution in [1.29, 1.82) is 0 Å². The van der Waals surface area contributed by atoms with E-state index in [1.807, 2.05) is 0 Å². The van der Waals surface area contributed by atoms with E-state index in [1.165, 1.54) is 5.56 Å². The van der Waals surface area contributed by atoms with Crippen molar-refractivity contribution in [1.82, 2.24) is 4.90 Å². The highest BCUT2D eigenvalue weighted by molar-refractivity contribution is 9.10. The first-order chi connectivity index (χ1) is 8.43. The molecule has 4 heteroatoms. The summed E-state index contributed by atoms with van der Waals surface area (Å²) < 4.78 is 1.09. The molecule has 1 heterocycles. The van der Waals surface area contributed by atoms with Crippen molar-refractivity contribution in [3.63, 3.8) is 0 Å². The van der Waals surface area contributed by atoms with Crippen LogP contribution in [-0.2, 0) is 5.54 Å². The lowest BCUT2D eigenvalue weighted by atomic mass is 9.90. The van der Waals surface area contributed by atoms with Gasteiger partial charge < -0.3 is 10.6 Å². The smallest absolute Gasteiger partial charge is 0.192 e. The van der Waals surface area contributed by atoms with Crippen molar-refractivity contribution < 1.29 is 0 Å². The molecule has 1 atom stereocenters. The second kappa shape index (κ2) is 4.92. The molecule has 1 aromatic carbocycles. The van der Waals surface area contributed by atoms with Gasteiger partial charge in [-0.25, -0.2) is 0 Å². The lowest BCUT2D eigenvalue weighted by Crippen LogP contribution is -2.48. The van der Waals surface area contributed by atoms with Gasteiger partial charge in [0.05, 0.1) is 12.1 Å². The molecule has 0 saturated heterocycles. The zero-order valence-corrected chi connectivity index (χ0v) is 12.7. The van der Waals surface area contributed by atoms with Crippen LogP contribution in [0, 0.1) is 5.92 Å². The molecule has 0 aromatic heterocycles. The minimum atomic E-state index is -0.116. The Bertz CT molecular complexity index is 453. The predicted molar refractivity (Wildman–Crippen MR) is 79.5 cm³/mol. The highest BCUT2D eigenvalue weighted by Gasteiger charge is 2.39. The molecule has 0 radical (unpaired) electrons. The molecule has 1 aliphatic rings.